The van der Waals surface area contributed by atoms with Crippen molar-refractivity contribution < 1.29 is 41.4 Å². The van der Waals surface area contributed by atoms with Crippen LogP contribution in [0.3, 0.4) is 0 Å². The molecule has 0 spiro atoms. The van der Waals surface area contributed by atoms with Gasteiger partial charge in [-0.05, 0) is 90.3 Å². The van der Waals surface area contributed by atoms with Crippen molar-refractivity contribution in [2.24, 2.45) is 0 Å². The van der Waals surface area contributed by atoms with Crippen LogP contribution in [0.25, 0.3) is 0 Å². The van der Waals surface area contributed by atoms with Gasteiger partial charge in [-0.1, -0.05) is 83.1 Å². The summed E-state index contributed by atoms with van der Waals surface area (Å²) in [6.45, 7) is 44.3. The molecule has 0 N–H and O–H groups in total. The summed E-state index contributed by atoms with van der Waals surface area (Å²) in [4.78, 5) is 13.9. The highest BCUT2D eigenvalue weighted by molar-refractivity contribution is 6.75. The molecule has 0 unspecified atom stereocenters. The second kappa shape index (κ2) is 16.2. The molecule has 0 amide bonds. The highest BCUT2D eigenvalue weighted by Crippen LogP contribution is 2.49. The fourth-order valence-electron chi connectivity index (χ4n) is 5.93. The van der Waals surface area contributed by atoms with Gasteiger partial charge in [-0.2, -0.15) is 0 Å². The second-order valence-electron chi connectivity index (χ2n) is 20.2. The number of hydrogen-bond donors (Lipinski definition) is 0. The lowest BCUT2D eigenvalue weighted by Gasteiger charge is -2.53. The van der Waals surface area contributed by atoms with E-state index in [1.807, 2.05) is 6.92 Å². The Morgan fingerprint density at radius 2 is 1.10 bits per heavy atom. The molecule has 1 aliphatic heterocycles. The first-order chi connectivity index (χ1) is 23.2. The lowest BCUT2D eigenvalue weighted by atomic mass is 9.79. The number of carbonyl (C=O) groups excluding carboxylic acids is 1. The highest BCUT2D eigenvalue weighted by Gasteiger charge is 2.59. The Morgan fingerprint density at radius 3 is 1.46 bits per heavy atom. The van der Waals surface area contributed by atoms with Crippen molar-refractivity contribution in [3.05, 3.63) is 22.3 Å². The van der Waals surface area contributed by atoms with Crippen molar-refractivity contribution >= 4 is 41.4 Å². The summed E-state index contributed by atoms with van der Waals surface area (Å²) < 4.78 is 53.6. The third-order valence-corrected chi connectivity index (χ3v) is 25.9. The van der Waals surface area contributed by atoms with Crippen LogP contribution < -0.4 is 9.47 Å². The molecular weight excluding hydrogens is 725 g/mol. The maximum absolute atomic E-state index is 13.9. The van der Waals surface area contributed by atoms with E-state index in [0.29, 0.717) is 28.6 Å². The molecule has 13 heteroatoms. The SMILES string of the molecule is COC(=O)[C@H]1O[C@@H](Oc2c(C)c(C)c(C(C)(C)C)c(CO[SiH3])c2OC)[C@H](O[Si](C)(C)C(C)(C)C)[C@@H](O[Si](C)(C)C(C)(C)C)[C@H]1O[Si](C)(C)C(C)(C)C. The molecule has 0 saturated carbocycles. The normalized spacial score (nSPS) is 22.8. The maximum atomic E-state index is 13.9. The fourth-order valence-corrected chi connectivity index (χ4v) is 10.1. The van der Waals surface area contributed by atoms with Crippen LogP contribution in [0.2, 0.25) is 54.4 Å². The Balaban J connectivity index is 3.10. The molecule has 1 heterocycles. The van der Waals surface area contributed by atoms with Gasteiger partial charge in [-0.15, -0.1) is 0 Å². The Labute approximate surface area is 323 Å². The molecule has 1 aromatic carbocycles. The van der Waals surface area contributed by atoms with E-state index < -0.39 is 61.6 Å². The van der Waals surface area contributed by atoms with Crippen molar-refractivity contribution in [1.29, 1.82) is 0 Å². The summed E-state index contributed by atoms with van der Waals surface area (Å²) in [5.41, 5.74) is 3.94. The van der Waals surface area contributed by atoms with Crippen LogP contribution in [-0.4, -0.2) is 86.3 Å². The molecule has 0 aromatic heterocycles. The minimum atomic E-state index is -2.53. The molecule has 1 aliphatic rings. The Bertz CT molecular complexity index is 1400. The number of esters is 1. The van der Waals surface area contributed by atoms with E-state index in [-0.39, 0.29) is 20.5 Å². The molecule has 2 rings (SSSR count). The predicted molar refractivity (Wildman–Crippen MR) is 223 cm³/mol. The van der Waals surface area contributed by atoms with Crippen molar-refractivity contribution in [2.45, 2.75) is 194 Å². The third-order valence-electron chi connectivity index (χ3n) is 12.2. The van der Waals surface area contributed by atoms with Crippen LogP contribution in [0.15, 0.2) is 0 Å². The first-order valence-corrected chi connectivity index (χ1v) is 28.4. The second-order valence-corrected chi connectivity index (χ2v) is 35.1. The molecule has 0 aliphatic carbocycles. The van der Waals surface area contributed by atoms with Crippen molar-refractivity contribution in [3.8, 4) is 11.5 Å². The molecule has 5 atom stereocenters. The molecule has 1 aromatic rings. The zero-order valence-electron chi connectivity index (χ0n) is 37.3. The van der Waals surface area contributed by atoms with Gasteiger partial charge in [0.05, 0.1) is 20.8 Å². The number of benzene rings is 1. The highest BCUT2D eigenvalue weighted by atomic mass is 28.4. The number of hydrogen-bond acceptors (Lipinski definition) is 9. The molecule has 0 radical (unpaired) electrons. The topological polar surface area (TPSA) is 90.9 Å². The predicted octanol–water partition coefficient (Wildman–Crippen LogP) is 8.85. The van der Waals surface area contributed by atoms with Crippen LogP contribution in [0.1, 0.15) is 105 Å². The monoisotopic (exact) mass is 800 g/mol. The largest absolute Gasteiger partial charge is 0.492 e. The summed E-state index contributed by atoms with van der Waals surface area (Å²) in [5.74, 6) is 0.587. The van der Waals surface area contributed by atoms with E-state index >= 15 is 0 Å². The molecule has 302 valence electrons. The molecule has 52 heavy (non-hydrogen) atoms. The van der Waals surface area contributed by atoms with Gasteiger partial charge in [0.1, 0.15) is 28.8 Å². The lowest BCUT2D eigenvalue weighted by Crippen LogP contribution is -2.69. The first-order valence-electron chi connectivity index (χ1n) is 18.8. The molecule has 1 fully saturated rings. The van der Waals surface area contributed by atoms with Crippen LogP contribution >= 0.6 is 0 Å². The van der Waals surface area contributed by atoms with Crippen molar-refractivity contribution in [1.82, 2.24) is 0 Å². The first kappa shape index (κ1) is 47.1. The van der Waals surface area contributed by atoms with Crippen molar-refractivity contribution in [2.75, 3.05) is 14.2 Å². The van der Waals surface area contributed by atoms with Gasteiger partial charge in [0.15, 0.2) is 42.6 Å². The number of methoxy groups -OCH3 is 2. The van der Waals surface area contributed by atoms with E-state index in [1.54, 1.807) is 7.11 Å². The summed E-state index contributed by atoms with van der Waals surface area (Å²) in [6, 6.07) is 0. The Hall–Kier alpha value is -1.04. The standard InChI is InChI=1S/C39H76O9Si4/c1-24-25(2)28(29(41-15)26(23-43-49)27(24)36(3,4)5)44-35-33(48-52(21,22)39(12,13)14)31(47-51(19,20)38(9,10)11)30(32(45-35)34(40)42-16)46-50(17,18)37(6,7)8/h30-33,35H,23H2,1-22,49H3/t30-,31+,32+,33-,35-/m1/s1. The summed E-state index contributed by atoms with van der Waals surface area (Å²) in [5, 5.41) is -0.457. The summed E-state index contributed by atoms with van der Waals surface area (Å²) >= 11 is 0. The summed E-state index contributed by atoms with van der Waals surface area (Å²) in [7, 11) is -3.97. The number of rotatable bonds is 12. The van der Waals surface area contributed by atoms with E-state index in [2.05, 4.69) is 129 Å². The quantitative estimate of drug-likeness (QED) is 0.152. The average Bonchev–Trinajstić information content (AvgIpc) is 2.95. The minimum Gasteiger partial charge on any atom is -0.492 e. The van der Waals surface area contributed by atoms with Gasteiger partial charge in [0.2, 0.25) is 6.29 Å². The Morgan fingerprint density at radius 1 is 0.673 bits per heavy atom. The molecule has 1 saturated heterocycles. The average molecular weight is 801 g/mol. The van der Waals surface area contributed by atoms with E-state index in [9.17, 15) is 4.79 Å². The maximum Gasteiger partial charge on any atom is 0.337 e. The van der Waals surface area contributed by atoms with Gasteiger partial charge < -0.3 is 36.7 Å². The number of ether oxygens (including phenoxy) is 4. The minimum absolute atomic E-state index is 0.149. The van der Waals surface area contributed by atoms with E-state index in [4.69, 9.17) is 36.7 Å². The van der Waals surface area contributed by atoms with Crippen LogP contribution in [0.5, 0.6) is 11.5 Å². The van der Waals surface area contributed by atoms with Crippen molar-refractivity contribution in [3.63, 3.8) is 0 Å². The molecular formula is C39H76O9Si4. The summed E-state index contributed by atoms with van der Waals surface area (Å²) in [6.07, 6.45) is -4.47. The van der Waals surface area contributed by atoms with E-state index in [0.717, 1.165) is 22.3 Å². The smallest absolute Gasteiger partial charge is 0.337 e. The zero-order valence-corrected chi connectivity index (χ0v) is 42.3. The molecule has 0 bridgehead atoms. The lowest BCUT2D eigenvalue weighted by molar-refractivity contribution is -0.263. The van der Waals surface area contributed by atoms with Gasteiger partial charge >= 0.3 is 5.97 Å². The molecule has 9 nitrogen and oxygen atoms in total. The fraction of sp³-hybridized carbons (Fsp3) is 0.821. The van der Waals surface area contributed by atoms with Crippen LogP contribution in [0, 0.1) is 13.8 Å². The van der Waals surface area contributed by atoms with Gasteiger partial charge in [-0.25, -0.2) is 4.79 Å². The van der Waals surface area contributed by atoms with Crippen LogP contribution in [0.4, 0.5) is 0 Å². The van der Waals surface area contributed by atoms with Crippen LogP contribution in [-0.2, 0) is 44.0 Å². The zero-order chi connectivity index (χ0) is 40.8. The third kappa shape index (κ3) is 10.0. The van der Waals surface area contributed by atoms with Gasteiger partial charge in [0.25, 0.3) is 0 Å². The number of carbonyl (C=O) groups is 1. The van der Waals surface area contributed by atoms with E-state index in [1.165, 1.54) is 7.11 Å². The van der Waals surface area contributed by atoms with Gasteiger partial charge in [-0.3, -0.25) is 0 Å². The Kier molecular flexibility index (Phi) is 14.7. The van der Waals surface area contributed by atoms with Gasteiger partial charge in [0, 0.05) is 5.56 Å².